The fraction of sp³-hybridized carbons (Fsp3) is 0.280. The number of benzene rings is 2. The van der Waals surface area contributed by atoms with Crippen LogP contribution in [0.3, 0.4) is 0 Å². The molecule has 1 aliphatic heterocycles. The molecule has 1 aromatic heterocycles. The van der Waals surface area contributed by atoms with Crippen molar-refractivity contribution in [3.05, 3.63) is 95.1 Å². The monoisotopic (exact) mass is 473 g/mol. The van der Waals surface area contributed by atoms with Crippen LogP contribution < -0.4 is 5.32 Å². The van der Waals surface area contributed by atoms with E-state index in [4.69, 9.17) is 0 Å². The van der Waals surface area contributed by atoms with Crippen molar-refractivity contribution < 1.29 is 27.2 Å². The standard InChI is InChI=1S/C25H23F4N3O2/c26-20-8-6-18(7-9-20)24-21-5-2-12-31(21)13-14-32(24)23(34)11-10-22(33)30-16-17-3-1-4-19(15-17)25(27,28)29/h1-9,12,15,24H,10-11,13-14,16H2,(H,30,33)/t24-/m1/s1. The summed E-state index contributed by atoms with van der Waals surface area (Å²) in [5.41, 5.74) is 1.21. The summed E-state index contributed by atoms with van der Waals surface area (Å²) >= 11 is 0. The van der Waals surface area contributed by atoms with Crippen molar-refractivity contribution >= 4 is 11.8 Å². The summed E-state index contributed by atoms with van der Waals surface area (Å²) in [6.07, 6.45) is -2.67. The van der Waals surface area contributed by atoms with E-state index < -0.39 is 23.7 Å². The minimum Gasteiger partial charge on any atom is -0.352 e. The summed E-state index contributed by atoms with van der Waals surface area (Å²) in [5, 5.41) is 2.57. The zero-order valence-corrected chi connectivity index (χ0v) is 18.2. The maximum atomic E-state index is 13.4. The summed E-state index contributed by atoms with van der Waals surface area (Å²) in [7, 11) is 0. The van der Waals surface area contributed by atoms with Crippen LogP contribution in [0.2, 0.25) is 0 Å². The molecule has 1 aliphatic rings. The number of carbonyl (C=O) groups is 2. The molecule has 9 heteroatoms. The van der Waals surface area contributed by atoms with Crippen LogP contribution >= 0.6 is 0 Å². The van der Waals surface area contributed by atoms with Gasteiger partial charge in [0, 0.05) is 44.4 Å². The first-order valence-corrected chi connectivity index (χ1v) is 10.8. The average Bonchev–Trinajstić information content (AvgIpc) is 3.30. The molecular formula is C25H23F4N3O2. The van der Waals surface area contributed by atoms with E-state index in [-0.39, 0.29) is 31.1 Å². The molecule has 3 aromatic rings. The number of amides is 2. The highest BCUT2D eigenvalue weighted by molar-refractivity contribution is 5.84. The van der Waals surface area contributed by atoms with E-state index in [0.29, 0.717) is 18.7 Å². The third-order valence-corrected chi connectivity index (χ3v) is 5.85. The second-order valence-corrected chi connectivity index (χ2v) is 8.14. The Hall–Kier alpha value is -3.62. The molecule has 178 valence electrons. The highest BCUT2D eigenvalue weighted by atomic mass is 19.4. The van der Waals surface area contributed by atoms with Crippen LogP contribution in [0.1, 0.15) is 41.3 Å². The smallest absolute Gasteiger partial charge is 0.352 e. The average molecular weight is 473 g/mol. The SMILES string of the molecule is O=C(CCC(=O)N1CCn2cccc2[C@H]1c1ccc(F)cc1)NCc1cccc(C(F)(F)F)c1. The lowest BCUT2D eigenvalue weighted by molar-refractivity contribution is -0.137. The molecule has 0 saturated carbocycles. The molecule has 0 bridgehead atoms. The first-order chi connectivity index (χ1) is 16.2. The molecule has 4 rings (SSSR count). The quantitative estimate of drug-likeness (QED) is 0.529. The lowest BCUT2D eigenvalue weighted by atomic mass is 9.99. The van der Waals surface area contributed by atoms with Crippen LogP contribution in [0.15, 0.2) is 66.9 Å². The normalized spacial score (nSPS) is 15.6. The van der Waals surface area contributed by atoms with Gasteiger partial charge in [0.05, 0.1) is 11.6 Å². The molecule has 34 heavy (non-hydrogen) atoms. The lowest BCUT2D eigenvalue weighted by Crippen LogP contribution is -2.42. The predicted molar refractivity (Wildman–Crippen MR) is 117 cm³/mol. The van der Waals surface area contributed by atoms with E-state index in [1.54, 1.807) is 17.0 Å². The van der Waals surface area contributed by atoms with E-state index in [9.17, 15) is 27.2 Å². The Bertz CT molecular complexity index is 1170. The van der Waals surface area contributed by atoms with Crippen LogP contribution in [0.25, 0.3) is 0 Å². The number of rotatable bonds is 6. The van der Waals surface area contributed by atoms with Gasteiger partial charge in [0.15, 0.2) is 0 Å². The van der Waals surface area contributed by atoms with Crippen molar-refractivity contribution in [2.24, 2.45) is 0 Å². The number of hydrogen-bond donors (Lipinski definition) is 1. The first kappa shape index (κ1) is 23.5. The molecule has 1 atom stereocenters. The number of fused-ring (bicyclic) bond motifs is 1. The third kappa shape index (κ3) is 5.30. The summed E-state index contributed by atoms with van der Waals surface area (Å²) in [4.78, 5) is 27.0. The van der Waals surface area contributed by atoms with E-state index in [0.717, 1.165) is 23.4 Å². The van der Waals surface area contributed by atoms with E-state index in [1.807, 2.05) is 22.9 Å². The van der Waals surface area contributed by atoms with Gasteiger partial charge in [-0.1, -0.05) is 24.3 Å². The van der Waals surface area contributed by atoms with Crippen LogP contribution in [0, 0.1) is 5.82 Å². The van der Waals surface area contributed by atoms with E-state index >= 15 is 0 Å². The lowest BCUT2D eigenvalue weighted by Gasteiger charge is -2.37. The number of hydrogen-bond acceptors (Lipinski definition) is 2. The van der Waals surface area contributed by atoms with Gasteiger partial charge < -0.3 is 14.8 Å². The Kier molecular flexibility index (Phi) is 6.72. The molecule has 2 amide bonds. The fourth-order valence-electron chi connectivity index (χ4n) is 4.16. The van der Waals surface area contributed by atoms with Gasteiger partial charge in [-0.3, -0.25) is 9.59 Å². The zero-order chi connectivity index (χ0) is 24.3. The number of alkyl halides is 3. The van der Waals surface area contributed by atoms with Gasteiger partial charge in [0.25, 0.3) is 0 Å². The number of nitrogens with one attached hydrogen (secondary N) is 1. The Labute approximate surface area is 194 Å². The van der Waals surface area contributed by atoms with Crippen molar-refractivity contribution in [3.63, 3.8) is 0 Å². The molecule has 0 spiro atoms. The highest BCUT2D eigenvalue weighted by Crippen LogP contribution is 2.33. The Morgan fingerprint density at radius 1 is 0.971 bits per heavy atom. The Morgan fingerprint density at radius 2 is 1.74 bits per heavy atom. The van der Waals surface area contributed by atoms with Crippen molar-refractivity contribution in [1.29, 1.82) is 0 Å². The van der Waals surface area contributed by atoms with Gasteiger partial charge in [-0.05, 0) is 47.5 Å². The minimum atomic E-state index is -4.46. The Balaban J connectivity index is 1.38. The zero-order valence-electron chi connectivity index (χ0n) is 18.2. The fourth-order valence-corrected chi connectivity index (χ4v) is 4.16. The summed E-state index contributed by atoms with van der Waals surface area (Å²) < 4.78 is 54.0. The minimum absolute atomic E-state index is 0.0488. The first-order valence-electron chi connectivity index (χ1n) is 10.8. The predicted octanol–water partition coefficient (Wildman–Crippen LogP) is 4.67. The van der Waals surface area contributed by atoms with Crippen LogP contribution in [0.5, 0.6) is 0 Å². The van der Waals surface area contributed by atoms with Gasteiger partial charge in [0.1, 0.15) is 5.82 Å². The van der Waals surface area contributed by atoms with Gasteiger partial charge in [-0.2, -0.15) is 13.2 Å². The van der Waals surface area contributed by atoms with Crippen molar-refractivity contribution in [2.75, 3.05) is 6.54 Å². The summed E-state index contributed by atoms with van der Waals surface area (Å²) in [5.74, 6) is -1.02. The van der Waals surface area contributed by atoms with E-state index in [2.05, 4.69) is 5.32 Å². The molecular weight excluding hydrogens is 450 g/mol. The molecule has 2 aromatic carbocycles. The number of carbonyl (C=O) groups excluding carboxylic acids is 2. The highest BCUT2D eigenvalue weighted by Gasteiger charge is 2.32. The maximum absolute atomic E-state index is 13.4. The van der Waals surface area contributed by atoms with Gasteiger partial charge in [0.2, 0.25) is 11.8 Å². The van der Waals surface area contributed by atoms with Crippen molar-refractivity contribution in [3.8, 4) is 0 Å². The molecule has 0 saturated heterocycles. The van der Waals surface area contributed by atoms with E-state index in [1.165, 1.54) is 24.3 Å². The van der Waals surface area contributed by atoms with Gasteiger partial charge in [-0.25, -0.2) is 4.39 Å². The Morgan fingerprint density at radius 3 is 2.47 bits per heavy atom. The molecule has 2 heterocycles. The summed E-state index contributed by atoms with van der Waals surface area (Å²) in [6, 6.07) is 14.1. The largest absolute Gasteiger partial charge is 0.416 e. The second-order valence-electron chi connectivity index (χ2n) is 8.14. The molecule has 0 fully saturated rings. The third-order valence-electron chi connectivity index (χ3n) is 5.85. The van der Waals surface area contributed by atoms with Crippen LogP contribution in [0.4, 0.5) is 17.6 Å². The molecule has 0 radical (unpaired) electrons. The van der Waals surface area contributed by atoms with Crippen LogP contribution in [-0.4, -0.2) is 27.8 Å². The number of halogens is 4. The van der Waals surface area contributed by atoms with Gasteiger partial charge >= 0.3 is 6.18 Å². The topological polar surface area (TPSA) is 54.3 Å². The molecule has 0 aliphatic carbocycles. The second kappa shape index (κ2) is 9.70. The summed E-state index contributed by atoms with van der Waals surface area (Å²) in [6.45, 7) is 0.980. The van der Waals surface area contributed by atoms with Crippen LogP contribution in [-0.2, 0) is 28.9 Å². The molecule has 5 nitrogen and oxygen atoms in total. The number of nitrogens with zero attached hydrogens (tertiary/aromatic N) is 2. The molecule has 1 N–H and O–H groups in total. The molecule has 0 unspecified atom stereocenters. The number of aromatic nitrogens is 1. The van der Waals surface area contributed by atoms with Crippen molar-refractivity contribution in [2.45, 2.75) is 38.1 Å². The maximum Gasteiger partial charge on any atom is 0.416 e. The van der Waals surface area contributed by atoms with Crippen molar-refractivity contribution in [1.82, 2.24) is 14.8 Å². The van der Waals surface area contributed by atoms with Gasteiger partial charge in [-0.15, -0.1) is 0 Å².